The molecule has 2 N–H and O–H groups in total. The number of allylic oxidation sites excluding steroid dienone is 1. The number of alkyl halides is 1. The highest BCUT2D eigenvalue weighted by atomic mass is 35.5. The number of aromatic nitrogens is 2. The van der Waals surface area contributed by atoms with Crippen LogP contribution >= 0.6 is 11.6 Å². The van der Waals surface area contributed by atoms with Crippen LogP contribution in [0.25, 0.3) is 0 Å². The predicted molar refractivity (Wildman–Crippen MR) is 157 cm³/mol. The van der Waals surface area contributed by atoms with E-state index in [1.807, 2.05) is 0 Å². The first-order valence-electron chi connectivity index (χ1n) is 14.7. The molecule has 2 aliphatic rings. The second kappa shape index (κ2) is 13.3. The van der Waals surface area contributed by atoms with Gasteiger partial charge in [-0.1, -0.05) is 30.7 Å². The molecule has 0 saturated carbocycles. The average Bonchev–Trinajstić information content (AvgIpc) is 3.29. The number of halogens is 3. The van der Waals surface area contributed by atoms with Crippen molar-refractivity contribution in [1.82, 2.24) is 9.97 Å². The van der Waals surface area contributed by atoms with Gasteiger partial charge in [-0.15, -0.1) is 6.58 Å². The normalized spacial score (nSPS) is 21.7. The highest BCUT2D eigenvalue weighted by molar-refractivity contribution is 6.28. The Morgan fingerprint density at radius 3 is 2.78 bits per heavy atom. The van der Waals surface area contributed by atoms with Gasteiger partial charge in [0, 0.05) is 48.7 Å². The molecule has 0 bridgehead atoms. The van der Waals surface area contributed by atoms with Crippen LogP contribution in [0.2, 0.25) is 5.28 Å². The minimum Gasteiger partial charge on any atom is -0.387 e. The summed E-state index contributed by atoms with van der Waals surface area (Å²) in [6.07, 6.45) is 7.53. The molecule has 1 aliphatic heterocycles. The van der Waals surface area contributed by atoms with Gasteiger partial charge in [0.25, 0.3) is 0 Å². The largest absolute Gasteiger partial charge is 0.387 e. The molecule has 1 aromatic carbocycles. The summed E-state index contributed by atoms with van der Waals surface area (Å²) in [7, 11) is 0. The molecule has 4 rings (SSSR count). The predicted octanol–water partition coefficient (Wildman–Crippen LogP) is 7.22. The zero-order valence-electron chi connectivity index (χ0n) is 24.3. The van der Waals surface area contributed by atoms with E-state index in [9.17, 15) is 9.90 Å². The van der Waals surface area contributed by atoms with Crippen molar-refractivity contribution in [3.8, 4) is 0 Å². The lowest BCUT2D eigenvalue weighted by Crippen LogP contribution is -2.44. The smallest absolute Gasteiger partial charge is 0.224 e. The van der Waals surface area contributed by atoms with E-state index < -0.39 is 23.1 Å². The van der Waals surface area contributed by atoms with Crippen LogP contribution in [0, 0.1) is 17.7 Å². The molecule has 2 heterocycles. The Morgan fingerprint density at radius 1 is 1.27 bits per heavy atom. The number of fused-ring (bicyclic) bond motifs is 1. The molecule has 1 aromatic heterocycles. The third kappa shape index (κ3) is 7.15. The number of hydrogen-bond acceptors (Lipinski definition) is 6. The van der Waals surface area contributed by atoms with Gasteiger partial charge in [-0.3, -0.25) is 4.79 Å². The summed E-state index contributed by atoms with van der Waals surface area (Å²) in [5.74, 6) is 0.405. The fourth-order valence-corrected chi connectivity index (χ4v) is 6.33. The highest BCUT2D eigenvalue weighted by Gasteiger charge is 2.47. The van der Waals surface area contributed by atoms with E-state index in [1.54, 1.807) is 19.1 Å². The Kier molecular flexibility index (Phi) is 10.2. The van der Waals surface area contributed by atoms with Crippen molar-refractivity contribution in [3.63, 3.8) is 0 Å². The first-order chi connectivity index (χ1) is 19.4. The molecule has 4 atom stereocenters. The molecular weight excluding hydrogens is 548 g/mol. The van der Waals surface area contributed by atoms with Gasteiger partial charge in [0.05, 0.1) is 17.3 Å². The van der Waals surface area contributed by atoms with Crippen LogP contribution in [0.1, 0.15) is 94.1 Å². The van der Waals surface area contributed by atoms with Gasteiger partial charge in [0.2, 0.25) is 5.28 Å². The van der Waals surface area contributed by atoms with Gasteiger partial charge in [0.1, 0.15) is 17.4 Å². The van der Waals surface area contributed by atoms with Crippen molar-refractivity contribution in [3.05, 3.63) is 64.3 Å². The summed E-state index contributed by atoms with van der Waals surface area (Å²) in [5, 5.41) is 14.0. The van der Waals surface area contributed by atoms with E-state index >= 15 is 8.78 Å². The van der Waals surface area contributed by atoms with Crippen LogP contribution in [-0.4, -0.2) is 39.7 Å². The number of carbonyl (C=O) groups excluding carboxylic acids is 1. The van der Waals surface area contributed by atoms with Gasteiger partial charge in [-0.2, -0.15) is 0 Å². The number of ketones is 1. The minimum absolute atomic E-state index is 0.0722. The zero-order chi connectivity index (χ0) is 29.8. The van der Waals surface area contributed by atoms with Gasteiger partial charge in [-0.25, -0.2) is 18.7 Å². The van der Waals surface area contributed by atoms with E-state index in [0.717, 1.165) is 50.0 Å². The number of nitrogens with one attached hydrogen (secondary N) is 1. The molecule has 224 valence electrons. The topological polar surface area (TPSA) is 84.3 Å². The molecular formula is C32H42ClF2N3O3. The molecule has 0 radical (unpaired) electrons. The van der Waals surface area contributed by atoms with Crippen molar-refractivity contribution < 1.29 is 23.4 Å². The van der Waals surface area contributed by atoms with Crippen LogP contribution in [0.3, 0.4) is 0 Å². The van der Waals surface area contributed by atoms with E-state index in [1.165, 1.54) is 26.0 Å². The van der Waals surface area contributed by atoms with Crippen molar-refractivity contribution in [2.45, 2.75) is 95.9 Å². The maximum absolute atomic E-state index is 16.1. The Hall–Kier alpha value is -2.42. The lowest BCUT2D eigenvalue weighted by atomic mass is 9.78. The van der Waals surface area contributed by atoms with Gasteiger partial charge in [0.15, 0.2) is 5.67 Å². The van der Waals surface area contributed by atoms with Crippen LogP contribution in [0.5, 0.6) is 0 Å². The van der Waals surface area contributed by atoms with Gasteiger partial charge < -0.3 is 15.2 Å². The number of aliphatic hydroxyl groups is 1. The van der Waals surface area contributed by atoms with Crippen LogP contribution in [0.4, 0.5) is 14.6 Å². The molecule has 3 unspecified atom stereocenters. The Morgan fingerprint density at radius 2 is 2.05 bits per heavy atom. The second-order valence-electron chi connectivity index (χ2n) is 12.1. The van der Waals surface area contributed by atoms with Gasteiger partial charge >= 0.3 is 0 Å². The Bertz CT molecular complexity index is 1240. The number of anilines is 1. The van der Waals surface area contributed by atoms with E-state index in [-0.39, 0.29) is 34.7 Å². The molecule has 1 saturated heterocycles. The lowest BCUT2D eigenvalue weighted by molar-refractivity contribution is -0.124. The lowest BCUT2D eigenvalue weighted by Gasteiger charge is -2.37. The number of hydrogen-bond donors (Lipinski definition) is 2. The first kappa shape index (κ1) is 31.5. The second-order valence-corrected chi connectivity index (χ2v) is 12.4. The molecule has 6 nitrogen and oxygen atoms in total. The van der Waals surface area contributed by atoms with Crippen LogP contribution in [0.15, 0.2) is 30.9 Å². The SMILES string of the molecule is C=CCC(F)(c1cccc([C@@H](C)Nc2nc(Cl)nc3c2CC(CCC(=O)C2CCCCOCC2)C3)c1F)C(C)(C)O. The maximum atomic E-state index is 16.1. The first-order valence-corrected chi connectivity index (χ1v) is 15.1. The number of Topliss-reactive ketones (excluding diaryl/α,β-unsaturated/α-hetero) is 1. The van der Waals surface area contributed by atoms with E-state index in [2.05, 4.69) is 21.9 Å². The molecule has 0 amide bonds. The molecule has 1 aliphatic carbocycles. The number of nitrogens with zero attached hydrogens (tertiary/aromatic N) is 2. The molecule has 2 aromatic rings. The summed E-state index contributed by atoms with van der Waals surface area (Å²) in [5.41, 5.74) is -2.42. The average molecular weight is 590 g/mol. The third-order valence-electron chi connectivity index (χ3n) is 8.67. The minimum atomic E-state index is -2.36. The number of ether oxygens (including phenoxy) is 1. The fourth-order valence-electron chi connectivity index (χ4n) is 6.14. The summed E-state index contributed by atoms with van der Waals surface area (Å²) in [6.45, 7) is 9.44. The molecule has 1 fully saturated rings. The van der Waals surface area contributed by atoms with E-state index in [4.69, 9.17) is 16.3 Å². The standard InChI is InChI=1S/C32H42ClF2N3O3/c1-5-15-32(35,31(3,4)40)25-11-8-10-23(28(25)34)20(2)36-29-24-18-21(19-26(24)37-30(33)38-29)12-13-27(39)22-9-6-7-16-41-17-14-22/h5,8,10-11,20-22,40H,1,6-7,9,12-19H2,2-4H3,(H,36,37,38)/t20-,21?,22?,32?/m1/s1. The van der Waals surface area contributed by atoms with Crippen molar-refractivity contribution >= 4 is 23.2 Å². The molecule has 9 heteroatoms. The van der Waals surface area contributed by atoms with Gasteiger partial charge in [-0.05, 0) is 76.8 Å². The number of rotatable bonds is 11. The summed E-state index contributed by atoms with van der Waals surface area (Å²) >= 11 is 6.28. The summed E-state index contributed by atoms with van der Waals surface area (Å²) in [4.78, 5) is 21.8. The molecule has 0 spiro atoms. The third-order valence-corrected chi connectivity index (χ3v) is 8.84. The number of benzene rings is 1. The quantitative estimate of drug-likeness (QED) is 0.213. The Balaban J connectivity index is 1.48. The zero-order valence-corrected chi connectivity index (χ0v) is 25.1. The van der Waals surface area contributed by atoms with Crippen LogP contribution < -0.4 is 5.32 Å². The van der Waals surface area contributed by atoms with E-state index in [0.29, 0.717) is 37.5 Å². The molecule has 41 heavy (non-hydrogen) atoms. The summed E-state index contributed by atoms with van der Waals surface area (Å²) < 4.78 is 37.5. The maximum Gasteiger partial charge on any atom is 0.224 e. The van der Waals surface area contributed by atoms with Crippen molar-refractivity contribution in [1.29, 1.82) is 0 Å². The fraction of sp³-hybridized carbons (Fsp3) is 0.594. The number of carbonyl (C=O) groups is 1. The van der Waals surface area contributed by atoms with Crippen LogP contribution in [-0.2, 0) is 28.0 Å². The van der Waals surface area contributed by atoms with Crippen molar-refractivity contribution in [2.24, 2.45) is 11.8 Å². The monoisotopic (exact) mass is 589 g/mol. The van der Waals surface area contributed by atoms with Crippen molar-refractivity contribution in [2.75, 3.05) is 18.5 Å². The Labute approximate surface area is 247 Å². The summed E-state index contributed by atoms with van der Waals surface area (Å²) in [6, 6.07) is 3.96. The highest BCUT2D eigenvalue weighted by Crippen LogP contribution is 2.43.